The van der Waals surface area contributed by atoms with Gasteiger partial charge in [-0.2, -0.15) is 0 Å². The average Bonchev–Trinajstić information content (AvgIpc) is 2.01. The fourth-order valence-corrected chi connectivity index (χ4v) is 1.95. The molecule has 0 fully saturated rings. The number of hydrogen-bond donors (Lipinski definition) is 0. The van der Waals surface area contributed by atoms with Crippen LogP contribution in [0.1, 0.15) is 12.0 Å². The van der Waals surface area contributed by atoms with E-state index in [0.717, 1.165) is 6.07 Å². The largest absolute Gasteiger partial charge is 0.310 e. The van der Waals surface area contributed by atoms with Crippen molar-refractivity contribution in [2.45, 2.75) is 6.43 Å². The summed E-state index contributed by atoms with van der Waals surface area (Å²) in [5.74, 6) is 0. The molecular formula is C6H2ClF2IN2O2. The van der Waals surface area contributed by atoms with Gasteiger partial charge < -0.3 is 0 Å². The summed E-state index contributed by atoms with van der Waals surface area (Å²) in [5.41, 5.74) is -1.40. The summed E-state index contributed by atoms with van der Waals surface area (Å²) < 4.78 is 24.6. The Balaban J connectivity index is 3.44. The molecule has 0 radical (unpaired) electrons. The molecule has 0 unspecified atom stereocenters. The van der Waals surface area contributed by atoms with Crippen LogP contribution in [0.25, 0.3) is 0 Å². The van der Waals surface area contributed by atoms with Gasteiger partial charge >= 0.3 is 5.69 Å². The number of alkyl halides is 2. The van der Waals surface area contributed by atoms with E-state index in [9.17, 15) is 18.9 Å². The van der Waals surface area contributed by atoms with E-state index >= 15 is 0 Å². The molecule has 0 saturated heterocycles. The number of aromatic nitrogens is 1. The maximum absolute atomic E-state index is 12.4. The van der Waals surface area contributed by atoms with Gasteiger partial charge in [0.05, 0.1) is 4.92 Å². The smallest absolute Gasteiger partial charge is 0.258 e. The first-order chi connectivity index (χ1) is 6.43. The lowest BCUT2D eigenvalue weighted by molar-refractivity contribution is -0.387. The number of nitrogens with zero attached hydrogens (tertiary/aromatic N) is 2. The molecule has 76 valence electrons. The zero-order chi connectivity index (χ0) is 10.9. The molecule has 0 bridgehead atoms. The molecule has 0 aliphatic rings. The van der Waals surface area contributed by atoms with Crippen molar-refractivity contribution in [3.63, 3.8) is 0 Å². The zero-order valence-electron chi connectivity index (χ0n) is 6.38. The van der Waals surface area contributed by atoms with E-state index in [2.05, 4.69) is 4.98 Å². The van der Waals surface area contributed by atoms with Crippen LogP contribution in [0, 0.1) is 13.8 Å². The molecule has 0 spiro atoms. The summed E-state index contributed by atoms with van der Waals surface area (Å²) in [6.07, 6.45) is -2.94. The molecule has 0 amide bonds. The Hall–Kier alpha value is -0.570. The summed E-state index contributed by atoms with van der Waals surface area (Å²) in [5, 5.41) is 10.3. The van der Waals surface area contributed by atoms with Gasteiger partial charge in [-0.15, -0.1) is 0 Å². The first-order valence-electron chi connectivity index (χ1n) is 3.22. The Morgan fingerprint density at radius 3 is 2.64 bits per heavy atom. The highest BCUT2D eigenvalue weighted by molar-refractivity contribution is 14.1. The van der Waals surface area contributed by atoms with Crippen molar-refractivity contribution >= 4 is 39.9 Å². The normalized spacial score (nSPS) is 10.6. The van der Waals surface area contributed by atoms with Crippen molar-refractivity contribution in [3.05, 3.63) is 30.6 Å². The lowest BCUT2D eigenvalue weighted by Crippen LogP contribution is -2.01. The van der Waals surface area contributed by atoms with Crippen LogP contribution >= 0.6 is 34.2 Å². The molecule has 4 nitrogen and oxygen atoms in total. The quantitative estimate of drug-likeness (QED) is 0.361. The van der Waals surface area contributed by atoms with Crippen molar-refractivity contribution < 1.29 is 13.7 Å². The third-order valence-corrected chi connectivity index (χ3v) is 2.31. The monoisotopic (exact) mass is 334 g/mol. The van der Waals surface area contributed by atoms with Gasteiger partial charge in [0.15, 0.2) is 3.70 Å². The molecule has 8 heteroatoms. The highest BCUT2D eigenvalue weighted by Gasteiger charge is 2.26. The average molecular weight is 334 g/mol. The number of halogens is 4. The Kier molecular flexibility index (Phi) is 3.53. The predicted octanol–water partition coefficient (Wildman–Crippen LogP) is 3.19. The Bertz CT molecular complexity index is 388. The third kappa shape index (κ3) is 2.27. The van der Waals surface area contributed by atoms with Crippen LogP contribution < -0.4 is 0 Å². The molecule has 0 aliphatic carbocycles. The van der Waals surface area contributed by atoms with E-state index in [4.69, 9.17) is 11.6 Å². The Morgan fingerprint density at radius 2 is 2.21 bits per heavy atom. The van der Waals surface area contributed by atoms with E-state index in [1.807, 2.05) is 0 Å². The molecule has 1 aromatic rings. The highest BCUT2D eigenvalue weighted by atomic mass is 127. The van der Waals surface area contributed by atoms with Crippen molar-refractivity contribution in [1.82, 2.24) is 4.98 Å². The topological polar surface area (TPSA) is 56.0 Å². The molecule has 0 atom stereocenters. The van der Waals surface area contributed by atoms with Crippen molar-refractivity contribution in [2.75, 3.05) is 0 Å². The minimum Gasteiger partial charge on any atom is -0.258 e. The molecule has 0 aromatic carbocycles. The molecule has 1 rings (SSSR count). The number of pyridine rings is 1. The minimum atomic E-state index is -2.94. The predicted molar refractivity (Wildman–Crippen MR) is 53.6 cm³/mol. The van der Waals surface area contributed by atoms with Crippen LogP contribution in [0.2, 0.25) is 5.15 Å². The van der Waals surface area contributed by atoms with Gasteiger partial charge in [-0.1, -0.05) is 11.6 Å². The van der Waals surface area contributed by atoms with E-state index < -0.39 is 22.6 Å². The van der Waals surface area contributed by atoms with E-state index in [1.165, 1.54) is 22.6 Å². The second-order valence-electron chi connectivity index (χ2n) is 2.23. The second kappa shape index (κ2) is 4.30. The summed E-state index contributed by atoms with van der Waals surface area (Å²) in [6, 6.07) is 0.798. The maximum atomic E-state index is 12.4. The van der Waals surface area contributed by atoms with E-state index in [0.29, 0.717) is 0 Å². The number of nitro groups is 1. The Morgan fingerprint density at radius 1 is 1.64 bits per heavy atom. The minimum absolute atomic E-state index is 0.143. The van der Waals surface area contributed by atoms with Crippen LogP contribution in [-0.2, 0) is 0 Å². The van der Waals surface area contributed by atoms with Gasteiger partial charge in [0, 0.05) is 0 Å². The first kappa shape index (κ1) is 11.5. The zero-order valence-corrected chi connectivity index (χ0v) is 9.29. The van der Waals surface area contributed by atoms with Crippen LogP contribution in [0.15, 0.2) is 6.07 Å². The molecule has 1 aromatic heterocycles. The number of rotatable bonds is 2. The highest BCUT2D eigenvalue weighted by Crippen LogP contribution is 2.33. The number of hydrogen-bond acceptors (Lipinski definition) is 3. The fraction of sp³-hybridized carbons (Fsp3) is 0.167. The molecule has 0 saturated carbocycles. The van der Waals surface area contributed by atoms with Crippen molar-refractivity contribution in [2.24, 2.45) is 0 Å². The van der Waals surface area contributed by atoms with Crippen LogP contribution in [0.3, 0.4) is 0 Å². The SMILES string of the molecule is O=[N+]([O-])c1c(C(F)F)cc(Cl)nc1I. The summed E-state index contributed by atoms with van der Waals surface area (Å²) in [4.78, 5) is 13.1. The summed E-state index contributed by atoms with van der Waals surface area (Å²) >= 11 is 6.89. The van der Waals surface area contributed by atoms with Gasteiger partial charge in [-0.05, 0) is 28.7 Å². The van der Waals surface area contributed by atoms with Crippen LogP contribution in [0.4, 0.5) is 14.5 Å². The maximum Gasteiger partial charge on any atom is 0.310 e. The summed E-state index contributed by atoms with van der Waals surface area (Å²) in [6.45, 7) is 0. The standard InChI is InChI=1S/C6H2ClF2IN2O2/c7-3-1-2(5(8)9)4(12(13)14)6(10)11-3/h1,5H. The van der Waals surface area contributed by atoms with E-state index in [1.54, 1.807) is 0 Å². The van der Waals surface area contributed by atoms with Crippen molar-refractivity contribution in [1.29, 1.82) is 0 Å². The lowest BCUT2D eigenvalue weighted by Gasteiger charge is -2.03. The lowest BCUT2D eigenvalue weighted by atomic mass is 10.2. The van der Waals surface area contributed by atoms with Gasteiger partial charge in [0.1, 0.15) is 10.7 Å². The third-order valence-electron chi connectivity index (χ3n) is 1.37. The molecule has 14 heavy (non-hydrogen) atoms. The van der Waals surface area contributed by atoms with Gasteiger partial charge in [-0.3, -0.25) is 10.1 Å². The van der Waals surface area contributed by atoms with Crippen LogP contribution in [0.5, 0.6) is 0 Å². The second-order valence-corrected chi connectivity index (χ2v) is 3.64. The molecule has 0 N–H and O–H groups in total. The van der Waals surface area contributed by atoms with Gasteiger partial charge in [0.2, 0.25) is 0 Å². The fourth-order valence-electron chi connectivity index (χ4n) is 0.842. The Labute approximate surface area is 95.6 Å². The molecule has 1 heterocycles. The van der Waals surface area contributed by atoms with Crippen molar-refractivity contribution in [3.8, 4) is 0 Å². The molecular weight excluding hydrogens is 332 g/mol. The first-order valence-corrected chi connectivity index (χ1v) is 4.67. The molecule has 0 aliphatic heterocycles. The van der Waals surface area contributed by atoms with Crippen LogP contribution in [-0.4, -0.2) is 9.91 Å². The summed E-state index contributed by atoms with van der Waals surface area (Å²) in [7, 11) is 0. The van der Waals surface area contributed by atoms with E-state index in [-0.39, 0.29) is 8.85 Å². The van der Waals surface area contributed by atoms with Gasteiger partial charge in [-0.25, -0.2) is 13.8 Å². The van der Waals surface area contributed by atoms with Gasteiger partial charge in [0.25, 0.3) is 6.43 Å².